The van der Waals surface area contributed by atoms with Crippen molar-refractivity contribution in [3.05, 3.63) is 82.0 Å². The largest absolute Gasteiger partial charge is 0.457 e. The smallest absolute Gasteiger partial charge is 0.417 e. The van der Waals surface area contributed by atoms with Crippen molar-refractivity contribution in [2.24, 2.45) is 0 Å². The van der Waals surface area contributed by atoms with E-state index in [0.717, 1.165) is 23.9 Å². The van der Waals surface area contributed by atoms with E-state index in [1.165, 1.54) is 23.0 Å². The highest BCUT2D eigenvalue weighted by atomic mass is 35.5. The molecule has 1 saturated heterocycles. The Morgan fingerprint density at radius 3 is 2.40 bits per heavy atom. The Morgan fingerprint density at radius 2 is 1.77 bits per heavy atom. The SMILES string of the molecule is C=CC(=O)N1[C@H](C)CN(c2nc(=O)n3c4c(c(-c5cc(Cl)c(F)cc5F)c(C(F)(F)F)cc24)SC[C@@H](Oc2ncccn2)C3)C[C@@H]1C. The molecule has 3 atom stereocenters. The number of thioether (sulfide) groups is 1. The van der Waals surface area contributed by atoms with Crippen LogP contribution >= 0.6 is 23.4 Å². The van der Waals surface area contributed by atoms with Crippen LogP contribution in [0.25, 0.3) is 22.0 Å². The molecule has 0 saturated carbocycles. The van der Waals surface area contributed by atoms with Crippen molar-refractivity contribution in [1.82, 2.24) is 24.4 Å². The Balaban J connectivity index is 1.62. The van der Waals surface area contributed by atoms with Gasteiger partial charge in [-0.3, -0.25) is 9.36 Å². The number of alkyl halides is 3. The van der Waals surface area contributed by atoms with Gasteiger partial charge in [0.25, 0.3) is 0 Å². The predicted octanol–water partition coefficient (Wildman–Crippen LogP) is 5.97. The first kappa shape index (κ1) is 32.7. The summed E-state index contributed by atoms with van der Waals surface area (Å²) >= 11 is 6.88. The molecule has 1 fully saturated rings. The van der Waals surface area contributed by atoms with Gasteiger partial charge in [-0.2, -0.15) is 18.2 Å². The number of aromatic nitrogens is 4. The minimum Gasteiger partial charge on any atom is -0.457 e. The van der Waals surface area contributed by atoms with E-state index in [1.807, 2.05) is 0 Å². The zero-order valence-corrected chi connectivity index (χ0v) is 26.5. The molecule has 0 bridgehead atoms. The molecule has 9 nitrogen and oxygen atoms in total. The average molecular weight is 693 g/mol. The van der Waals surface area contributed by atoms with Gasteiger partial charge in [-0.1, -0.05) is 18.2 Å². The van der Waals surface area contributed by atoms with Gasteiger partial charge in [-0.15, -0.1) is 11.8 Å². The van der Waals surface area contributed by atoms with Gasteiger partial charge in [0.1, 0.15) is 23.6 Å². The topological polar surface area (TPSA) is 93.5 Å². The molecule has 2 aromatic carbocycles. The van der Waals surface area contributed by atoms with Crippen LogP contribution in [-0.2, 0) is 17.5 Å². The van der Waals surface area contributed by atoms with Crippen LogP contribution in [0, 0.1) is 11.6 Å². The van der Waals surface area contributed by atoms with Gasteiger partial charge >= 0.3 is 17.9 Å². The van der Waals surface area contributed by atoms with E-state index in [4.69, 9.17) is 16.3 Å². The van der Waals surface area contributed by atoms with Crippen LogP contribution in [0.5, 0.6) is 6.01 Å². The number of halogens is 6. The summed E-state index contributed by atoms with van der Waals surface area (Å²) in [6.07, 6.45) is -1.77. The van der Waals surface area contributed by atoms with E-state index in [2.05, 4.69) is 21.5 Å². The van der Waals surface area contributed by atoms with Crippen LogP contribution in [-0.4, -0.2) is 67.4 Å². The number of hydrogen-bond donors (Lipinski definition) is 0. The quantitative estimate of drug-likeness (QED) is 0.144. The van der Waals surface area contributed by atoms with Crippen molar-refractivity contribution in [2.75, 3.05) is 23.7 Å². The van der Waals surface area contributed by atoms with Crippen LogP contribution < -0.4 is 15.3 Å². The maximum absolute atomic E-state index is 15.4. The lowest BCUT2D eigenvalue weighted by molar-refractivity contribution is -0.137. The summed E-state index contributed by atoms with van der Waals surface area (Å²) < 4.78 is 81.7. The molecule has 16 heteroatoms. The van der Waals surface area contributed by atoms with Gasteiger partial charge in [0, 0.05) is 70.8 Å². The Hall–Kier alpha value is -4.24. The van der Waals surface area contributed by atoms with Crippen molar-refractivity contribution in [3.63, 3.8) is 0 Å². The molecule has 4 aromatic rings. The van der Waals surface area contributed by atoms with E-state index in [9.17, 15) is 27.2 Å². The van der Waals surface area contributed by atoms with Crippen molar-refractivity contribution < 1.29 is 31.5 Å². The van der Waals surface area contributed by atoms with Gasteiger partial charge in [0.15, 0.2) is 0 Å². The molecule has 6 rings (SSSR count). The lowest BCUT2D eigenvalue weighted by Gasteiger charge is -2.44. The summed E-state index contributed by atoms with van der Waals surface area (Å²) in [7, 11) is 0. The Labute approximate surface area is 274 Å². The highest BCUT2D eigenvalue weighted by Gasteiger charge is 2.40. The minimum atomic E-state index is -5.03. The van der Waals surface area contributed by atoms with Crippen molar-refractivity contribution in [3.8, 4) is 17.1 Å². The zero-order valence-electron chi connectivity index (χ0n) is 24.9. The average Bonchev–Trinajstić information content (AvgIpc) is 3.20. The second-order valence-electron chi connectivity index (χ2n) is 11.2. The molecule has 2 aliphatic rings. The molecule has 0 aliphatic carbocycles. The maximum Gasteiger partial charge on any atom is 0.417 e. The molecule has 246 valence electrons. The molecule has 0 N–H and O–H groups in total. The van der Waals surface area contributed by atoms with Gasteiger partial charge in [-0.25, -0.2) is 23.5 Å². The number of anilines is 1. The first-order valence-corrected chi connectivity index (χ1v) is 15.7. The Morgan fingerprint density at radius 1 is 1.09 bits per heavy atom. The van der Waals surface area contributed by atoms with Gasteiger partial charge in [0.2, 0.25) is 5.91 Å². The lowest BCUT2D eigenvalue weighted by Crippen LogP contribution is -2.58. The van der Waals surface area contributed by atoms with Gasteiger partial charge in [-0.05, 0) is 38.1 Å². The molecule has 0 spiro atoms. The number of carbonyl (C=O) groups excluding carboxylic acids is 1. The second kappa shape index (κ2) is 12.4. The monoisotopic (exact) mass is 692 g/mol. The van der Waals surface area contributed by atoms with Crippen LogP contribution in [0.1, 0.15) is 19.4 Å². The summed E-state index contributed by atoms with van der Waals surface area (Å²) in [5.41, 5.74) is -3.13. The Bertz CT molecular complexity index is 1950. The summed E-state index contributed by atoms with van der Waals surface area (Å²) in [6, 6.07) is 2.81. The summed E-state index contributed by atoms with van der Waals surface area (Å²) in [4.78, 5) is 41.9. The molecular formula is C31H26ClF5N6O3S. The molecule has 4 heterocycles. The zero-order chi connectivity index (χ0) is 33.8. The molecule has 0 unspecified atom stereocenters. The van der Waals surface area contributed by atoms with Crippen molar-refractivity contribution >= 4 is 46.0 Å². The molecule has 1 amide bonds. The standard InChI is InChI=1S/C31H26ClF5N6O3S/c1-4-24(44)43-15(2)11-41(12-16(43)3)28-19-8-20(31(35,36)37)25(18-9-21(32)23(34)10-22(18)33)27-26(19)42(30(45)40-28)13-17(14-47-27)46-29-38-6-5-7-39-29/h4-10,15-17H,1,11-14H2,2-3H3/t15-,16+,17-/m0/s1. The van der Waals surface area contributed by atoms with Gasteiger partial charge < -0.3 is 14.5 Å². The molecular weight excluding hydrogens is 667 g/mol. The number of amides is 1. The lowest BCUT2D eigenvalue weighted by atomic mass is 9.95. The van der Waals surface area contributed by atoms with Crippen molar-refractivity contribution in [1.29, 1.82) is 0 Å². The number of benzene rings is 2. The number of carbonyl (C=O) groups is 1. The van der Waals surface area contributed by atoms with Crippen LogP contribution in [0.2, 0.25) is 5.02 Å². The third-order valence-corrected chi connectivity index (χ3v) is 9.56. The predicted molar refractivity (Wildman–Crippen MR) is 167 cm³/mol. The summed E-state index contributed by atoms with van der Waals surface area (Å²) in [5.74, 6) is -2.73. The van der Waals surface area contributed by atoms with E-state index in [1.54, 1.807) is 29.7 Å². The maximum atomic E-state index is 15.4. The number of piperazine rings is 1. The third kappa shape index (κ3) is 6.02. The highest BCUT2D eigenvalue weighted by Crippen LogP contribution is 2.49. The van der Waals surface area contributed by atoms with E-state index in [-0.39, 0.29) is 58.9 Å². The first-order valence-electron chi connectivity index (χ1n) is 14.4. The fourth-order valence-corrected chi connectivity index (χ4v) is 7.59. The number of rotatable bonds is 5. The third-order valence-electron chi connectivity index (χ3n) is 8.04. The summed E-state index contributed by atoms with van der Waals surface area (Å²) in [6.45, 7) is 7.26. The molecule has 2 aliphatic heterocycles. The normalized spacial score (nSPS) is 19.9. The van der Waals surface area contributed by atoms with Crippen LogP contribution in [0.3, 0.4) is 0 Å². The van der Waals surface area contributed by atoms with Crippen molar-refractivity contribution in [2.45, 2.75) is 49.7 Å². The Kier molecular flexibility index (Phi) is 8.63. The fourth-order valence-electron chi connectivity index (χ4n) is 6.18. The number of ether oxygens (including phenoxy) is 1. The highest BCUT2D eigenvalue weighted by molar-refractivity contribution is 7.99. The first-order chi connectivity index (χ1) is 22.3. The number of nitrogens with zero attached hydrogens (tertiary/aromatic N) is 6. The fraction of sp³-hybridized carbons (Fsp3) is 0.323. The molecule has 2 aromatic heterocycles. The van der Waals surface area contributed by atoms with Crippen LogP contribution in [0.4, 0.5) is 27.8 Å². The second-order valence-corrected chi connectivity index (χ2v) is 12.7. The van der Waals surface area contributed by atoms with E-state index >= 15 is 4.39 Å². The van der Waals surface area contributed by atoms with Gasteiger partial charge in [0.05, 0.1) is 22.6 Å². The number of hydrogen-bond acceptors (Lipinski definition) is 8. The molecule has 47 heavy (non-hydrogen) atoms. The van der Waals surface area contributed by atoms with E-state index < -0.39 is 63.4 Å². The van der Waals surface area contributed by atoms with Crippen LogP contribution in [0.15, 0.2) is 59.0 Å². The van der Waals surface area contributed by atoms with E-state index in [0.29, 0.717) is 6.07 Å². The minimum absolute atomic E-state index is 0.00503. The summed E-state index contributed by atoms with van der Waals surface area (Å²) in [5, 5.41) is -0.595. The molecule has 0 radical (unpaired) electrons.